The Morgan fingerprint density at radius 2 is 1.76 bits per heavy atom. The second-order valence-electron chi connectivity index (χ2n) is 7.10. The van der Waals surface area contributed by atoms with Crippen LogP contribution in [0.3, 0.4) is 0 Å². The molecule has 33 heavy (non-hydrogen) atoms. The monoisotopic (exact) mass is 475 g/mol. The molecule has 13 heteroatoms. The molecule has 1 aliphatic rings. The van der Waals surface area contributed by atoms with E-state index in [0.29, 0.717) is 19.3 Å². The van der Waals surface area contributed by atoms with E-state index in [1.807, 2.05) is 0 Å². The van der Waals surface area contributed by atoms with Gasteiger partial charge in [-0.05, 0) is 32.0 Å². The van der Waals surface area contributed by atoms with Gasteiger partial charge < -0.3 is 9.31 Å². The van der Waals surface area contributed by atoms with Gasteiger partial charge in [-0.2, -0.15) is 4.72 Å². The minimum atomic E-state index is -4.26. The lowest BCUT2D eigenvalue weighted by molar-refractivity contribution is -0.384. The molecule has 0 saturated carbocycles. The second kappa shape index (κ2) is 12.0. The van der Waals surface area contributed by atoms with E-state index >= 15 is 0 Å². The summed E-state index contributed by atoms with van der Waals surface area (Å²) in [6, 6.07) is 4.17. The summed E-state index contributed by atoms with van der Waals surface area (Å²) in [6.07, 6.45) is 7.55. The Morgan fingerprint density at radius 3 is 2.30 bits per heavy atom. The molecule has 174 valence electrons. The number of nitro groups is 1. The van der Waals surface area contributed by atoms with Crippen molar-refractivity contribution in [3.8, 4) is 24.2 Å². The highest BCUT2D eigenvalue weighted by Crippen LogP contribution is 2.17. The number of nitro benzene ring substituents is 1. The fourth-order valence-electron chi connectivity index (χ4n) is 2.75. The third-order valence-electron chi connectivity index (χ3n) is 4.34. The van der Waals surface area contributed by atoms with E-state index in [1.165, 1.54) is 11.9 Å². The molecular weight excluding hydrogens is 453 g/mol. The lowest BCUT2D eigenvalue weighted by atomic mass is 9.78. The van der Waals surface area contributed by atoms with Gasteiger partial charge in [0, 0.05) is 25.0 Å². The number of rotatable bonds is 8. The van der Waals surface area contributed by atoms with Gasteiger partial charge in [-0.3, -0.25) is 24.6 Å². The van der Waals surface area contributed by atoms with E-state index in [4.69, 9.17) is 15.7 Å². The molecule has 0 aliphatic carbocycles. The van der Waals surface area contributed by atoms with Crippen LogP contribution in [0.4, 0.5) is 5.69 Å². The number of benzene rings is 1. The first-order valence-electron chi connectivity index (χ1n) is 9.88. The number of terminal acetylenes is 1. The minimum Gasteiger partial charge on any atom is -0.497 e. The molecule has 1 heterocycles. The van der Waals surface area contributed by atoms with E-state index < -0.39 is 39.9 Å². The average molecular weight is 475 g/mol. The number of nitrogens with one attached hydrogen (secondary N) is 1. The number of likely N-dealkylation sites (N-methyl/N-ethyl adjacent to an activating group) is 1. The van der Waals surface area contributed by atoms with Crippen molar-refractivity contribution < 1.29 is 32.2 Å². The highest BCUT2D eigenvalue weighted by atomic mass is 32.2. The van der Waals surface area contributed by atoms with Crippen molar-refractivity contribution >= 4 is 34.8 Å². The number of unbranched alkanes of at least 4 members (excludes halogenated alkanes) is 3. The second-order valence-corrected chi connectivity index (χ2v) is 8.82. The van der Waals surface area contributed by atoms with Gasteiger partial charge in [-0.25, -0.2) is 8.42 Å². The Morgan fingerprint density at radius 1 is 1.18 bits per heavy atom. The quantitative estimate of drug-likeness (QED) is 0.187. The number of sulfonamides is 1. The molecule has 0 radical (unpaired) electrons. The molecule has 0 bridgehead atoms. The lowest BCUT2D eigenvalue weighted by Crippen LogP contribution is -2.53. The van der Waals surface area contributed by atoms with E-state index in [-0.39, 0.29) is 23.7 Å². The van der Waals surface area contributed by atoms with Crippen LogP contribution in [0.25, 0.3) is 0 Å². The van der Waals surface area contributed by atoms with Gasteiger partial charge in [0.1, 0.15) is 5.94 Å². The molecule has 1 N–H and O–H groups in total. The fourth-order valence-corrected chi connectivity index (χ4v) is 3.88. The topological polar surface area (TPSA) is 145 Å². The molecule has 1 aromatic rings. The first-order chi connectivity index (χ1) is 15.6. The number of carbonyl (C=O) groups is 2. The molecule has 1 saturated heterocycles. The molecule has 2 rings (SSSR count). The molecule has 0 amide bonds. The standard InChI is InChI=1S/C20H22BN3O8S/c1-3-4-5-6-7-8-9-18(21-31-19(25)14-23(2)15-20(26)32-21)22-33(29,30)17-12-10-16(11-13-17)24(27)28/h1,10-13,18,22H,4-7,14-15H2,2H3. The van der Waals surface area contributed by atoms with Crippen molar-refractivity contribution in [2.24, 2.45) is 0 Å². The number of nitrogens with zero attached hydrogens (tertiary/aromatic N) is 2. The van der Waals surface area contributed by atoms with Gasteiger partial charge in [0.05, 0.1) is 22.9 Å². The van der Waals surface area contributed by atoms with Crippen molar-refractivity contribution in [2.75, 3.05) is 20.1 Å². The van der Waals surface area contributed by atoms with E-state index in [9.17, 15) is 28.1 Å². The van der Waals surface area contributed by atoms with Crippen molar-refractivity contribution in [2.45, 2.75) is 36.5 Å². The van der Waals surface area contributed by atoms with Crippen LogP contribution in [-0.2, 0) is 28.9 Å². The molecule has 1 unspecified atom stereocenters. The minimum absolute atomic E-state index is 0.201. The summed E-state index contributed by atoms with van der Waals surface area (Å²) in [5, 5.41) is 10.8. The highest BCUT2D eigenvalue weighted by molar-refractivity contribution is 7.89. The van der Waals surface area contributed by atoms with E-state index in [1.54, 1.807) is 0 Å². The third kappa shape index (κ3) is 8.23. The summed E-state index contributed by atoms with van der Waals surface area (Å²) in [6.45, 7) is -0.403. The predicted molar refractivity (Wildman–Crippen MR) is 118 cm³/mol. The van der Waals surface area contributed by atoms with Crippen LogP contribution in [0.2, 0.25) is 0 Å². The Labute approximate surface area is 192 Å². The van der Waals surface area contributed by atoms with E-state index in [0.717, 1.165) is 30.7 Å². The summed E-state index contributed by atoms with van der Waals surface area (Å²) < 4.78 is 38.3. The first-order valence-corrected chi connectivity index (χ1v) is 11.4. The largest absolute Gasteiger partial charge is 0.631 e. The zero-order valence-corrected chi connectivity index (χ0v) is 18.7. The van der Waals surface area contributed by atoms with Gasteiger partial charge in [0.15, 0.2) is 0 Å². The molecular formula is C20H22BN3O8S. The summed E-state index contributed by atoms with van der Waals surface area (Å²) in [4.78, 5) is 35.4. The van der Waals surface area contributed by atoms with Crippen LogP contribution in [0.15, 0.2) is 29.2 Å². The van der Waals surface area contributed by atoms with E-state index in [2.05, 4.69) is 22.5 Å². The Balaban J connectivity index is 2.28. The predicted octanol–water partition coefficient (Wildman–Crippen LogP) is 0.498. The van der Waals surface area contributed by atoms with Gasteiger partial charge in [-0.1, -0.05) is 5.92 Å². The van der Waals surface area contributed by atoms with Gasteiger partial charge >= 0.3 is 19.1 Å². The summed E-state index contributed by atoms with van der Waals surface area (Å²) in [5.74, 6) is 5.07. The summed E-state index contributed by atoms with van der Waals surface area (Å²) in [5.41, 5.74) is -0.288. The maximum Gasteiger partial charge on any atom is 0.631 e. The van der Waals surface area contributed by atoms with Crippen molar-refractivity contribution in [3.63, 3.8) is 0 Å². The third-order valence-corrected chi connectivity index (χ3v) is 5.79. The Kier molecular flexibility index (Phi) is 9.42. The molecule has 1 fully saturated rings. The smallest absolute Gasteiger partial charge is 0.497 e. The van der Waals surface area contributed by atoms with Crippen LogP contribution < -0.4 is 4.72 Å². The molecule has 11 nitrogen and oxygen atoms in total. The molecule has 1 aliphatic heterocycles. The SMILES string of the molecule is C#CCCCCC#CC(NS(=O)(=O)c1ccc([N+](=O)[O-])cc1)B1OC(=O)CN(C)CC(=O)O1. The maximum absolute atomic E-state index is 12.8. The number of non-ortho nitro benzene ring substituents is 1. The first kappa shape index (κ1) is 25.9. The van der Waals surface area contributed by atoms with Crippen LogP contribution >= 0.6 is 0 Å². The average Bonchev–Trinajstić information content (AvgIpc) is 2.73. The van der Waals surface area contributed by atoms with Crippen molar-refractivity contribution in [3.05, 3.63) is 34.4 Å². The zero-order valence-electron chi connectivity index (χ0n) is 17.9. The molecule has 1 atom stereocenters. The Bertz CT molecular complexity index is 1070. The summed E-state index contributed by atoms with van der Waals surface area (Å²) in [7, 11) is -4.36. The van der Waals surface area contributed by atoms with Crippen molar-refractivity contribution in [1.29, 1.82) is 0 Å². The molecule has 1 aromatic carbocycles. The summed E-state index contributed by atoms with van der Waals surface area (Å²) >= 11 is 0. The zero-order chi connectivity index (χ0) is 24.4. The van der Waals surface area contributed by atoms with Gasteiger partial charge in [-0.15, -0.1) is 18.3 Å². The van der Waals surface area contributed by atoms with Crippen LogP contribution in [0.5, 0.6) is 0 Å². The van der Waals surface area contributed by atoms with Crippen LogP contribution in [0.1, 0.15) is 25.7 Å². The van der Waals surface area contributed by atoms with Gasteiger partial charge in [0.25, 0.3) is 5.69 Å². The molecule has 0 aromatic heterocycles. The normalized spacial score (nSPS) is 15.7. The van der Waals surface area contributed by atoms with Gasteiger partial charge in [0.2, 0.25) is 10.0 Å². The Hall–Kier alpha value is -3.39. The maximum atomic E-state index is 12.8. The molecule has 0 spiro atoms. The lowest BCUT2D eigenvalue weighted by Gasteiger charge is -2.25. The highest BCUT2D eigenvalue weighted by Gasteiger charge is 2.41. The number of hydrogen-bond donors (Lipinski definition) is 1. The fraction of sp³-hybridized carbons (Fsp3) is 0.400. The van der Waals surface area contributed by atoms with Crippen LogP contribution in [-0.4, -0.2) is 63.4 Å². The number of hydrogen-bond acceptors (Lipinski definition) is 9. The number of carbonyl (C=O) groups excluding carboxylic acids is 2. The van der Waals surface area contributed by atoms with Crippen molar-refractivity contribution in [1.82, 2.24) is 9.62 Å². The van der Waals surface area contributed by atoms with Crippen LogP contribution in [0, 0.1) is 34.3 Å².